The van der Waals surface area contributed by atoms with E-state index in [-0.39, 0.29) is 0 Å². The molecule has 0 fully saturated rings. The third kappa shape index (κ3) is 2.73. The maximum atomic E-state index is 10.9. The summed E-state index contributed by atoms with van der Waals surface area (Å²) in [6.45, 7) is 5.90. The fourth-order valence-electron chi connectivity index (χ4n) is 2.47. The lowest BCUT2D eigenvalue weighted by Crippen LogP contribution is -2.11. The number of benzene rings is 2. The Labute approximate surface area is 118 Å². The molecule has 0 aliphatic heterocycles. The second kappa shape index (κ2) is 5.47. The van der Waals surface area contributed by atoms with Crippen molar-refractivity contribution >= 4 is 5.97 Å². The molecule has 0 amide bonds. The van der Waals surface area contributed by atoms with Crippen molar-refractivity contribution in [3.8, 4) is 11.1 Å². The van der Waals surface area contributed by atoms with E-state index in [1.807, 2.05) is 32.9 Å². The summed E-state index contributed by atoms with van der Waals surface area (Å²) in [5.74, 6) is -1.23. The Kier molecular flexibility index (Phi) is 3.91. The van der Waals surface area contributed by atoms with E-state index in [2.05, 4.69) is 12.1 Å². The molecule has 0 saturated carbocycles. The summed E-state index contributed by atoms with van der Waals surface area (Å²) in [5.41, 5.74) is 5.73. The van der Waals surface area contributed by atoms with Crippen LogP contribution in [0.4, 0.5) is 0 Å². The molecule has 0 spiro atoms. The van der Waals surface area contributed by atoms with E-state index < -0.39 is 12.1 Å². The van der Waals surface area contributed by atoms with Crippen molar-refractivity contribution in [1.82, 2.24) is 0 Å². The van der Waals surface area contributed by atoms with Crippen LogP contribution >= 0.6 is 0 Å². The maximum absolute atomic E-state index is 10.9. The van der Waals surface area contributed by atoms with Crippen LogP contribution < -0.4 is 0 Å². The van der Waals surface area contributed by atoms with Gasteiger partial charge in [-0.1, -0.05) is 42.0 Å². The summed E-state index contributed by atoms with van der Waals surface area (Å²) in [4.78, 5) is 10.9. The Bertz CT molecular complexity index is 619. The van der Waals surface area contributed by atoms with Gasteiger partial charge in [-0.3, -0.25) is 0 Å². The fraction of sp³-hybridized carbons (Fsp3) is 0.235. The number of hydrogen-bond acceptors (Lipinski definition) is 2. The SMILES string of the molecule is Cc1ccc(-c2c(C)cc(C(O)C(=O)O)cc2C)cc1. The van der Waals surface area contributed by atoms with Crippen LogP contribution in [0, 0.1) is 20.8 Å². The van der Waals surface area contributed by atoms with Gasteiger partial charge in [-0.2, -0.15) is 0 Å². The zero-order valence-corrected chi connectivity index (χ0v) is 11.8. The lowest BCUT2D eigenvalue weighted by atomic mass is 9.92. The second-order valence-electron chi connectivity index (χ2n) is 5.14. The van der Waals surface area contributed by atoms with Gasteiger partial charge in [0.15, 0.2) is 6.10 Å². The van der Waals surface area contributed by atoms with E-state index in [0.717, 1.165) is 22.3 Å². The van der Waals surface area contributed by atoms with Gasteiger partial charge in [-0.05, 0) is 48.6 Å². The normalized spacial score (nSPS) is 12.2. The topological polar surface area (TPSA) is 57.5 Å². The molecular weight excluding hydrogens is 252 g/mol. The smallest absolute Gasteiger partial charge is 0.337 e. The van der Waals surface area contributed by atoms with Gasteiger partial charge in [0, 0.05) is 0 Å². The number of aliphatic hydroxyl groups excluding tert-OH is 1. The quantitative estimate of drug-likeness (QED) is 0.898. The van der Waals surface area contributed by atoms with Gasteiger partial charge < -0.3 is 10.2 Å². The Hall–Kier alpha value is -2.13. The molecule has 1 unspecified atom stereocenters. The van der Waals surface area contributed by atoms with Crippen LogP contribution in [0.15, 0.2) is 36.4 Å². The Balaban J connectivity index is 2.51. The van der Waals surface area contributed by atoms with Gasteiger partial charge >= 0.3 is 5.97 Å². The van der Waals surface area contributed by atoms with Gasteiger partial charge in [0.2, 0.25) is 0 Å². The van der Waals surface area contributed by atoms with Gasteiger partial charge in [0.05, 0.1) is 0 Å². The molecule has 0 aliphatic carbocycles. The number of aliphatic hydroxyl groups is 1. The lowest BCUT2D eigenvalue weighted by Gasteiger charge is -2.15. The number of carboxylic acids is 1. The minimum atomic E-state index is -1.47. The van der Waals surface area contributed by atoms with Crippen molar-refractivity contribution in [3.63, 3.8) is 0 Å². The third-order valence-corrected chi connectivity index (χ3v) is 3.44. The predicted molar refractivity (Wildman–Crippen MR) is 78.7 cm³/mol. The third-order valence-electron chi connectivity index (χ3n) is 3.44. The van der Waals surface area contributed by atoms with Crippen molar-refractivity contribution in [2.24, 2.45) is 0 Å². The van der Waals surface area contributed by atoms with Gasteiger partial charge in [0.25, 0.3) is 0 Å². The molecule has 0 bridgehead atoms. The average molecular weight is 270 g/mol. The molecule has 2 N–H and O–H groups in total. The number of rotatable bonds is 3. The van der Waals surface area contributed by atoms with E-state index >= 15 is 0 Å². The minimum Gasteiger partial charge on any atom is -0.479 e. The molecule has 0 heterocycles. The average Bonchev–Trinajstić information content (AvgIpc) is 2.39. The van der Waals surface area contributed by atoms with Crippen molar-refractivity contribution in [2.75, 3.05) is 0 Å². The predicted octanol–water partition coefficient (Wildman–Crippen LogP) is 3.40. The summed E-state index contributed by atoms with van der Waals surface area (Å²) in [6, 6.07) is 11.7. The summed E-state index contributed by atoms with van der Waals surface area (Å²) in [5, 5.41) is 18.5. The molecule has 0 aliphatic rings. The largest absolute Gasteiger partial charge is 0.479 e. The highest BCUT2D eigenvalue weighted by Crippen LogP contribution is 2.30. The van der Waals surface area contributed by atoms with Gasteiger partial charge in [0.1, 0.15) is 0 Å². The van der Waals surface area contributed by atoms with Crippen LogP contribution in [0.3, 0.4) is 0 Å². The van der Waals surface area contributed by atoms with Crippen LogP contribution in [-0.4, -0.2) is 16.2 Å². The number of aliphatic carboxylic acids is 1. The first-order chi connectivity index (χ1) is 9.40. The summed E-state index contributed by atoms with van der Waals surface area (Å²) in [6.07, 6.45) is -1.47. The number of carboxylic acid groups (broad SMARTS) is 1. The standard InChI is InChI=1S/C17H18O3/c1-10-4-6-13(7-5-10)15-11(2)8-14(9-12(15)3)16(18)17(19)20/h4-9,16,18H,1-3H3,(H,19,20). The second-order valence-corrected chi connectivity index (χ2v) is 5.14. The molecular formula is C17H18O3. The van der Waals surface area contributed by atoms with E-state index in [4.69, 9.17) is 5.11 Å². The minimum absolute atomic E-state index is 0.420. The molecule has 0 aromatic heterocycles. The maximum Gasteiger partial charge on any atom is 0.337 e. The molecule has 104 valence electrons. The fourth-order valence-corrected chi connectivity index (χ4v) is 2.47. The number of aryl methyl sites for hydroxylation is 3. The Morgan fingerprint density at radius 3 is 1.95 bits per heavy atom. The first-order valence-corrected chi connectivity index (χ1v) is 6.49. The monoisotopic (exact) mass is 270 g/mol. The van der Waals surface area contributed by atoms with Crippen LogP contribution in [0.2, 0.25) is 0 Å². The van der Waals surface area contributed by atoms with E-state index in [0.29, 0.717) is 5.56 Å². The highest BCUT2D eigenvalue weighted by atomic mass is 16.4. The molecule has 3 heteroatoms. The molecule has 2 aromatic carbocycles. The van der Waals surface area contributed by atoms with Crippen molar-refractivity contribution in [3.05, 3.63) is 58.7 Å². The van der Waals surface area contributed by atoms with Crippen LogP contribution in [0.1, 0.15) is 28.4 Å². The molecule has 1 atom stereocenters. The molecule has 3 nitrogen and oxygen atoms in total. The Morgan fingerprint density at radius 2 is 1.50 bits per heavy atom. The first-order valence-electron chi connectivity index (χ1n) is 6.49. The van der Waals surface area contributed by atoms with Crippen LogP contribution in [0.25, 0.3) is 11.1 Å². The zero-order valence-electron chi connectivity index (χ0n) is 11.8. The van der Waals surface area contributed by atoms with E-state index in [1.54, 1.807) is 12.1 Å². The van der Waals surface area contributed by atoms with Crippen molar-refractivity contribution in [1.29, 1.82) is 0 Å². The van der Waals surface area contributed by atoms with Crippen LogP contribution in [0.5, 0.6) is 0 Å². The zero-order chi connectivity index (χ0) is 14.9. The summed E-state index contributed by atoms with van der Waals surface area (Å²) < 4.78 is 0. The lowest BCUT2D eigenvalue weighted by molar-refractivity contribution is -0.146. The molecule has 2 rings (SSSR count). The highest BCUT2D eigenvalue weighted by molar-refractivity contribution is 5.76. The molecule has 0 saturated heterocycles. The van der Waals surface area contributed by atoms with Gasteiger partial charge in [-0.15, -0.1) is 0 Å². The summed E-state index contributed by atoms with van der Waals surface area (Å²) >= 11 is 0. The molecule has 2 aromatic rings. The van der Waals surface area contributed by atoms with E-state index in [9.17, 15) is 9.90 Å². The van der Waals surface area contributed by atoms with Crippen molar-refractivity contribution < 1.29 is 15.0 Å². The van der Waals surface area contributed by atoms with Crippen LogP contribution in [-0.2, 0) is 4.79 Å². The van der Waals surface area contributed by atoms with Gasteiger partial charge in [-0.25, -0.2) is 4.79 Å². The molecule has 20 heavy (non-hydrogen) atoms. The highest BCUT2D eigenvalue weighted by Gasteiger charge is 2.18. The van der Waals surface area contributed by atoms with E-state index in [1.165, 1.54) is 5.56 Å². The van der Waals surface area contributed by atoms with Crippen molar-refractivity contribution in [2.45, 2.75) is 26.9 Å². The number of carbonyl (C=O) groups is 1. The summed E-state index contributed by atoms with van der Waals surface area (Å²) in [7, 11) is 0. The number of hydrogen-bond donors (Lipinski definition) is 2. The molecule has 0 radical (unpaired) electrons. The Morgan fingerprint density at radius 1 is 1.00 bits per heavy atom. The first kappa shape index (κ1) is 14.3.